The molecule has 0 aliphatic rings. The summed E-state index contributed by atoms with van der Waals surface area (Å²) in [6.07, 6.45) is 0. The van der Waals surface area contributed by atoms with Crippen LogP contribution in [0.25, 0.3) is 10.8 Å². The number of ether oxygens (including phenoxy) is 2. The zero-order valence-corrected chi connectivity index (χ0v) is 16.8. The van der Waals surface area contributed by atoms with Crippen molar-refractivity contribution in [2.24, 2.45) is 0 Å². The molecular formula is C24H17BrO3. The molecule has 0 radical (unpaired) electrons. The molecule has 0 fully saturated rings. The van der Waals surface area contributed by atoms with Crippen molar-refractivity contribution in [3.63, 3.8) is 0 Å². The number of ketones is 1. The van der Waals surface area contributed by atoms with Gasteiger partial charge in [0.1, 0.15) is 17.2 Å². The SMILES string of the molecule is COc1ccc2cc(C(=O)c3ccc(Oc4ccc(Br)cc4)cc3)ccc2c1. The van der Waals surface area contributed by atoms with Gasteiger partial charge in [-0.2, -0.15) is 0 Å². The summed E-state index contributed by atoms with van der Waals surface area (Å²) in [6, 6.07) is 26.3. The average molecular weight is 433 g/mol. The molecule has 0 N–H and O–H groups in total. The molecule has 0 aliphatic heterocycles. The first-order valence-corrected chi connectivity index (χ1v) is 9.58. The third-order valence-corrected chi connectivity index (χ3v) is 5.00. The number of carbonyl (C=O) groups excluding carboxylic acids is 1. The topological polar surface area (TPSA) is 35.5 Å². The van der Waals surface area contributed by atoms with E-state index in [0.717, 1.165) is 26.7 Å². The van der Waals surface area contributed by atoms with Crippen LogP contribution in [0.4, 0.5) is 0 Å². The quantitative estimate of drug-likeness (QED) is 0.331. The summed E-state index contributed by atoms with van der Waals surface area (Å²) in [5.41, 5.74) is 1.27. The van der Waals surface area contributed by atoms with E-state index in [0.29, 0.717) is 16.9 Å². The van der Waals surface area contributed by atoms with Crippen molar-refractivity contribution in [2.45, 2.75) is 0 Å². The lowest BCUT2D eigenvalue weighted by Gasteiger charge is -2.08. The Morgan fingerprint density at radius 2 is 1.21 bits per heavy atom. The van der Waals surface area contributed by atoms with Crippen LogP contribution in [0.5, 0.6) is 17.2 Å². The van der Waals surface area contributed by atoms with Gasteiger partial charge in [0.05, 0.1) is 7.11 Å². The van der Waals surface area contributed by atoms with E-state index in [-0.39, 0.29) is 5.78 Å². The highest BCUT2D eigenvalue weighted by Crippen LogP contribution is 2.26. The minimum absolute atomic E-state index is 0.0205. The minimum Gasteiger partial charge on any atom is -0.497 e. The Bertz CT molecular complexity index is 1130. The normalized spacial score (nSPS) is 10.6. The number of fused-ring (bicyclic) bond motifs is 1. The fraction of sp³-hybridized carbons (Fsp3) is 0.0417. The Hall–Kier alpha value is -3.11. The van der Waals surface area contributed by atoms with Crippen LogP contribution in [-0.4, -0.2) is 12.9 Å². The molecule has 3 nitrogen and oxygen atoms in total. The van der Waals surface area contributed by atoms with Crippen molar-refractivity contribution in [3.05, 3.63) is 101 Å². The summed E-state index contributed by atoms with van der Waals surface area (Å²) in [6.45, 7) is 0. The molecule has 4 aromatic carbocycles. The fourth-order valence-electron chi connectivity index (χ4n) is 2.97. The van der Waals surface area contributed by atoms with Crippen LogP contribution in [0.2, 0.25) is 0 Å². The molecule has 0 aromatic heterocycles. The number of benzene rings is 4. The molecular weight excluding hydrogens is 416 g/mol. The lowest BCUT2D eigenvalue weighted by atomic mass is 10.00. The van der Waals surface area contributed by atoms with Gasteiger partial charge >= 0.3 is 0 Å². The van der Waals surface area contributed by atoms with Crippen LogP contribution in [0.1, 0.15) is 15.9 Å². The van der Waals surface area contributed by atoms with Crippen LogP contribution < -0.4 is 9.47 Å². The van der Waals surface area contributed by atoms with Crippen LogP contribution >= 0.6 is 15.9 Å². The first-order chi connectivity index (χ1) is 13.6. The molecule has 0 bridgehead atoms. The predicted octanol–water partition coefficient (Wildman–Crippen LogP) is 6.63. The summed E-state index contributed by atoms with van der Waals surface area (Å²) in [5.74, 6) is 2.21. The molecule has 0 amide bonds. The van der Waals surface area contributed by atoms with Crippen molar-refractivity contribution in [3.8, 4) is 17.2 Å². The number of hydrogen-bond acceptors (Lipinski definition) is 3. The summed E-state index contributed by atoms with van der Waals surface area (Å²) in [5, 5.41) is 2.04. The molecule has 138 valence electrons. The second-order valence-electron chi connectivity index (χ2n) is 6.34. The molecule has 0 saturated carbocycles. The van der Waals surface area contributed by atoms with E-state index in [2.05, 4.69) is 15.9 Å². The Balaban J connectivity index is 1.54. The summed E-state index contributed by atoms with van der Waals surface area (Å²) in [4.78, 5) is 12.8. The number of rotatable bonds is 5. The van der Waals surface area contributed by atoms with Gasteiger partial charge in [-0.25, -0.2) is 0 Å². The van der Waals surface area contributed by atoms with Crippen molar-refractivity contribution >= 4 is 32.5 Å². The van der Waals surface area contributed by atoms with Gasteiger partial charge in [0.15, 0.2) is 5.78 Å². The third kappa shape index (κ3) is 3.92. The number of methoxy groups -OCH3 is 1. The number of halogens is 1. The standard InChI is InChI=1S/C24H17BrO3/c1-27-23-11-6-17-14-19(3-2-18(17)15-23)24(26)16-4-9-21(10-5-16)28-22-12-7-20(25)8-13-22/h2-15H,1H3. The molecule has 0 heterocycles. The summed E-state index contributed by atoms with van der Waals surface area (Å²) in [7, 11) is 1.64. The second kappa shape index (κ2) is 7.87. The van der Waals surface area contributed by atoms with E-state index in [1.165, 1.54) is 0 Å². The molecule has 0 atom stereocenters. The summed E-state index contributed by atoms with van der Waals surface area (Å²) < 4.78 is 12.1. The molecule has 4 heteroatoms. The van der Waals surface area contributed by atoms with Gasteiger partial charge in [-0.3, -0.25) is 4.79 Å². The highest BCUT2D eigenvalue weighted by atomic mass is 79.9. The van der Waals surface area contributed by atoms with Crippen LogP contribution in [0, 0.1) is 0 Å². The van der Waals surface area contributed by atoms with Crippen molar-refractivity contribution in [1.29, 1.82) is 0 Å². The van der Waals surface area contributed by atoms with Crippen molar-refractivity contribution in [2.75, 3.05) is 7.11 Å². The van der Waals surface area contributed by atoms with E-state index in [9.17, 15) is 4.79 Å². The van der Waals surface area contributed by atoms with Crippen molar-refractivity contribution in [1.82, 2.24) is 0 Å². The van der Waals surface area contributed by atoms with Gasteiger partial charge in [-0.1, -0.05) is 34.1 Å². The van der Waals surface area contributed by atoms with Crippen LogP contribution in [-0.2, 0) is 0 Å². The minimum atomic E-state index is -0.0205. The third-order valence-electron chi connectivity index (χ3n) is 4.48. The zero-order chi connectivity index (χ0) is 19.5. The highest BCUT2D eigenvalue weighted by molar-refractivity contribution is 9.10. The number of hydrogen-bond donors (Lipinski definition) is 0. The monoisotopic (exact) mass is 432 g/mol. The van der Waals surface area contributed by atoms with Gasteiger partial charge < -0.3 is 9.47 Å². The lowest BCUT2D eigenvalue weighted by Crippen LogP contribution is -2.01. The van der Waals surface area contributed by atoms with E-state index < -0.39 is 0 Å². The van der Waals surface area contributed by atoms with Crippen LogP contribution in [0.15, 0.2) is 89.4 Å². The maximum Gasteiger partial charge on any atom is 0.193 e. The molecule has 28 heavy (non-hydrogen) atoms. The second-order valence-corrected chi connectivity index (χ2v) is 7.25. The largest absolute Gasteiger partial charge is 0.497 e. The Labute approximate surface area is 171 Å². The molecule has 0 unspecified atom stereocenters. The Morgan fingerprint density at radius 3 is 1.89 bits per heavy atom. The smallest absolute Gasteiger partial charge is 0.193 e. The summed E-state index contributed by atoms with van der Waals surface area (Å²) >= 11 is 3.40. The first kappa shape index (κ1) is 18.3. The van der Waals surface area contributed by atoms with Gasteiger partial charge in [-0.05, 0) is 77.5 Å². The predicted molar refractivity (Wildman–Crippen MR) is 115 cm³/mol. The van der Waals surface area contributed by atoms with Gasteiger partial charge in [0.25, 0.3) is 0 Å². The number of carbonyl (C=O) groups is 1. The molecule has 0 saturated heterocycles. The highest BCUT2D eigenvalue weighted by Gasteiger charge is 2.10. The van der Waals surface area contributed by atoms with E-state index in [4.69, 9.17) is 9.47 Å². The maximum absolute atomic E-state index is 12.8. The van der Waals surface area contributed by atoms with E-state index in [1.807, 2.05) is 60.7 Å². The fourth-order valence-corrected chi connectivity index (χ4v) is 3.24. The average Bonchev–Trinajstić information content (AvgIpc) is 2.74. The van der Waals surface area contributed by atoms with Gasteiger partial charge in [0.2, 0.25) is 0 Å². The Kier molecular flexibility index (Phi) is 5.13. The maximum atomic E-state index is 12.8. The van der Waals surface area contributed by atoms with Crippen molar-refractivity contribution < 1.29 is 14.3 Å². The van der Waals surface area contributed by atoms with Gasteiger partial charge in [-0.15, -0.1) is 0 Å². The molecule has 4 aromatic rings. The Morgan fingerprint density at radius 1 is 0.679 bits per heavy atom. The van der Waals surface area contributed by atoms with Crippen LogP contribution in [0.3, 0.4) is 0 Å². The van der Waals surface area contributed by atoms with E-state index in [1.54, 1.807) is 31.4 Å². The zero-order valence-electron chi connectivity index (χ0n) is 15.2. The lowest BCUT2D eigenvalue weighted by molar-refractivity contribution is 0.103. The molecule has 0 spiro atoms. The van der Waals surface area contributed by atoms with Gasteiger partial charge in [0, 0.05) is 15.6 Å². The molecule has 0 aliphatic carbocycles. The van der Waals surface area contributed by atoms with E-state index >= 15 is 0 Å². The first-order valence-electron chi connectivity index (χ1n) is 8.78. The molecule has 4 rings (SSSR count).